The number of benzene rings is 2. The molecule has 0 bridgehead atoms. The number of nitrogens with zero attached hydrogens (tertiary/aromatic N) is 6. The lowest BCUT2D eigenvalue weighted by atomic mass is 9.97. The highest BCUT2D eigenvalue weighted by Gasteiger charge is 2.32. The number of carbonyl (C=O) groups excluding carboxylic acids is 1. The van der Waals surface area contributed by atoms with Crippen molar-refractivity contribution in [2.24, 2.45) is 0 Å². The molecule has 0 N–H and O–H groups in total. The van der Waals surface area contributed by atoms with Crippen LogP contribution in [0.4, 0.5) is 13.2 Å². The van der Waals surface area contributed by atoms with Gasteiger partial charge in [-0.25, -0.2) is 4.98 Å². The number of alkyl halides is 3. The minimum absolute atomic E-state index is 0.103. The Morgan fingerprint density at radius 1 is 1.09 bits per heavy atom. The molecule has 1 aliphatic rings. The Bertz CT molecular complexity index is 1260. The summed E-state index contributed by atoms with van der Waals surface area (Å²) in [6.45, 7) is 1.08. The third-order valence-corrected chi connectivity index (χ3v) is 6.79. The predicted octanol–water partition coefficient (Wildman–Crippen LogP) is 4.31. The van der Waals surface area contributed by atoms with Crippen molar-refractivity contribution in [3.63, 3.8) is 0 Å². The maximum absolute atomic E-state index is 13.2. The molecule has 164 valence electrons. The van der Waals surface area contributed by atoms with Gasteiger partial charge < -0.3 is 4.90 Å². The van der Waals surface area contributed by atoms with E-state index < -0.39 is 11.7 Å². The first kappa shape index (κ1) is 20.6. The molecule has 0 atom stereocenters. The van der Waals surface area contributed by atoms with E-state index >= 15 is 0 Å². The zero-order chi connectivity index (χ0) is 22.3. The minimum Gasteiger partial charge on any atom is -0.339 e. The predicted molar refractivity (Wildman–Crippen MR) is 112 cm³/mol. The van der Waals surface area contributed by atoms with Crippen LogP contribution in [-0.2, 0) is 6.18 Å². The van der Waals surface area contributed by atoms with Crippen molar-refractivity contribution in [3.05, 3.63) is 64.9 Å². The summed E-state index contributed by atoms with van der Waals surface area (Å²) in [5.74, 6) is 0.00853. The van der Waals surface area contributed by atoms with E-state index in [0.29, 0.717) is 42.7 Å². The van der Waals surface area contributed by atoms with E-state index in [2.05, 4.69) is 20.5 Å². The second kappa shape index (κ2) is 7.97. The number of piperidine rings is 1. The highest BCUT2D eigenvalue weighted by molar-refractivity contribution is 7.18. The van der Waals surface area contributed by atoms with Crippen LogP contribution in [0.2, 0.25) is 0 Å². The number of likely N-dealkylation sites (tertiary alicyclic amines) is 1. The van der Waals surface area contributed by atoms with Gasteiger partial charge in [-0.15, -0.1) is 16.4 Å². The second-order valence-corrected chi connectivity index (χ2v) is 8.63. The van der Waals surface area contributed by atoms with Crippen molar-refractivity contribution < 1.29 is 18.0 Å². The Morgan fingerprint density at radius 2 is 1.88 bits per heavy atom. The van der Waals surface area contributed by atoms with Crippen LogP contribution in [0.25, 0.3) is 15.9 Å². The Balaban J connectivity index is 1.31. The van der Waals surface area contributed by atoms with Crippen molar-refractivity contribution in [2.45, 2.75) is 24.9 Å². The van der Waals surface area contributed by atoms with E-state index in [-0.39, 0.29) is 11.8 Å². The van der Waals surface area contributed by atoms with E-state index in [1.807, 2.05) is 6.07 Å². The molecule has 32 heavy (non-hydrogen) atoms. The van der Waals surface area contributed by atoms with Crippen molar-refractivity contribution in [1.82, 2.24) is 30.1 Å². The SMILES string of the molecule is O=C(c1ccccc1-n1cnnn1)N1CCC(c2nc3cc(C(F)(F)F)ccc3s2)CC1. The zero-order valence-corrected chi connectivity index (χ0v) is 17.5. The Kier molecular flexibility index (Phi) is 5.12. The van der Waals surface area contributed by atoms with Gasteiger partial charge in [0.05, 0.1) is 32.0 Å². The first-order chi connectivity index (χ1) is 15.4. The van der Waals surface area contributed by atoms with Crippen LogP contribution in [-0.4, -0.2) is 49.1 Å². The molecule has 0 saturated carbocycles. The maximum Gasteiger partial charge on any atom is 0.416 e. The fraction of sp³-hybridized carbons (Fsp3) is 0.286. The number of fused-ring (bicyclic) bond motifs is 1. The summed E-state index contributed by atoms with van der Waals surface area (Å²) in [5, 5.41) is 12.0. The number of amides is 1. The van der Waals surface area contributed by atoms with Gasteiger partial charge >= 0.3 is 6.18 Å². The molecule has 1 aliphatic heterocycles. The Hall–Kier alpha value is -3.34. The van der Waals surface area contributed by atoms with Gasteiger partial charge in [0.2, 0.25) is 0 Å². The van der Waals surface area contributed by atoms with E-state index in [1.54, 1.807) is 23.1 Å². The molecule has 3 heterocycles. The van der Waals surface area contributed by atoms with Gasteiger partial charge in [0.1, 0.15) is 6.33 Å². The van der Waals surface area contributed by atoms with E-state index in [1.165, 1.54) is 28.4 Å². The number of aromatic nitrogens is 5. The van der Waals surface area contributed by atoms with Gasteiger partial charge in [0, 0.05) is 19.0 Å². The fourth-order valence-corrected chi connectivity index (χ4v) is 5.04. The summed E-state index contributed by atoms with van der Waals surface area (Å²) in [5.41, 5.74) is 0.798. The molecule has 2 aromatic carbocycles. The van der Waals surface area contributed by atoms with Crippen molar-refractivity contribution in [2.75, 3.05) is 13.1 Å². The standard InChI is InChI=1S/C21H17F3N6OS/c22-21(23,24)14-5-6-18-16(11-14)26-19(32-18)13-7-9-29(10-8-13)20(31)15-3-1-2-4-17(15)30-12-25-27-28-30/h1-6,11-13H,7-10H2. The smallest absolute Gasteiger partial charge is 0.339 e. The van der Waals surface area contributed by atoms with Gasteiger partial charge in [-0.3, -0.25) is 4.79 Å². The number of carbonyl (C=O) groups is 1. The number of tetrazole rings is 1. The fourth-order valence-electron chi connectivity index (χ4n) is 3.92. The molecule has 0 unspecified atom stereocenters. The number of para-hydroxylation sites is 1. The summed E-state index contributed by atoms with van der Waals surface area (Å²) >= 11 is 1.42. The van der Waals surface area contributed by atoms with Crippen LogP contribution in [0.15, 0.2) is 48.8 Å². The number of halogens is 3. The third-order valence-electron chi connectivity index (χ3n) is 5.59. The molecule has 1 amide bonds. The average Bonchev–Trinajstić information content (AvgIpc) is 3.48. The third kappa shape index (κ3) is 3.83. The van der Waals surface area contributed by atoms with Gasteiger partial charge in [-0.2, -0.15) is 17.9 Å². The van der Waals surface area contributed by atoms with Crippen LogP contribution >= 0.6 is 11.3 Å². The maximum atomic E-state index is 13.2. The van der Waals surface area contributed by atoms with Crippen LogP contribution in [0.1, 0.15) is 39.7 Å². The lowest BCUT2D eigenvalue weighted by Crippen LogP contribution is -2.38. The summed E-state index contributed by atoms with van der Waals surface area (Å²) in [4.78, 5) is 19.4. The largest absolute Gasteiger partial charge is 0.416 e. The molecule has 0 radical (unpaired) electrons. The van der Waals surface area contributed by atoms with Crippen LogP contribution in [0.5, 0.6) is 0 Å². The first-order valence-electron chi connectivity index (χ1n) is 9.99. The van der Waals surface area contributed by atoms with Crippen molar-refractivity contribution >= 4 is 27.5 Å². The zero-order valence-electron chi connectivity index (χ0n) is 16.7. The summed E-state index contributed by atoms with van der Waals surface area (Å²) < 4.78 is 41.1. The molecule has 4 aromatic rings. The second-order valence-electron chi connectivity index (χ2n) is 7.57. The molecule has 1 fully saturated rings. The molecular formula is C21H17F3N6OS. The highest BCUT2D eigenvalue weighted by atomic mass is 32.1. The van der Waals surface area contributed by atoms with Gasteiger partial charge in [-0.05, 0) is 53.6 Å². The molecule has 0 aliphatic carbocycles. The Labute approximate surface area is 184 Å². The summed E-state index contributed by atoms with van der Waals surface area (Å²) in [6.07, 6.45) is -1.55. The number of hydrogen-bond donors (Lipinski definition) is 0. The highest BCUT2D eigenvalue weighted by Crippen LogP contribution is 2.37. The van der Waals surface area contributed by atoms with Crippen molar-refractivity contribution in [1.29, 1.82) is 0 Å². The molecule has 0 spiro atoms. The van der Waals surface area contributed by atoms with E-state index in [0.717, 1.165) is 21.8 Å². The minimum atomic E-state index is -4.39. The summed E-state index contributed by atoms with van der Waals surface area (Å²) in [7, 11) is 0. The first-order valence-corrected chi connectivity index (χ1v) is 10.8. The van der Waals surface area contributed by atoms with Gasteiger partial charge in [0.15, 0.2) is 0 Å². The quantitative estimate of drug-likeness (QED) is 0.457. The monoisotopic (exact) mass is 458 g/mol. The summed E-state index contributed by atoms with van der Waals surface area (Å²) in [6, 6.07) is 10.8. The average molecular weight is 458 g/mol. The topological polar surface area (TPSA) is 76.8 Å². The van der Waals surface area contributed by atoms with E-state index in [4.69, 9.17) is 0 Å². The molecular weight excluding hydrogens is 441 g/mol. The van der Waals surface area contributed by atoms with Crippen LogP contribution in [0, 0.1) is 0 Å². The normalized spacial score (nSPS) is 15.4. The van der Waals surface area contributed by atoms with Crippen LogP contribution < -0.4 is 0 Å². The molecule has 11 heteroatoms. The molecule has 2 aromatic heterocycles. The number of thiazole rings is 1. The van der Waals surface area contributed by atoms with Gasteiger partial charge in [0.25, 0.3) is 5.91 Å². The van der Waals surface area contributed by atoms with Gasteiger partial charge in [-0.1, -0.05) is 12.1 Å². The lowest BCUT2D eigenvalue weighted by molar-refractivity contribution is -0.137. The van der Waals surface area contributed by atoms with E-state index in [9.17, 15) is 18.0 Å². The number of rotatable bonds is 3. The number of hydrogen-bond acceptors (Lipinski definition) is 6. The van der Waals surface area contributed by atoms with Crippen molar-refractivity contribution in [3.8, 4) is 5.69 Å². The molecule has 1 saturated heterocycles. The van der Waals surface area contributed by atoms with Crippen LogP contribution in [0.3, 0.4) is 0 Å². The molecule has 5 rings (SSSR count). The Morgan fingerprint density at radius 3 is 2.59 bits per heavy atom. The lowest BCUT2D eigenvalue weighted by Gasteiger charge is -2.31. The molecule has 7 nitrogen and oxygen atoms in total.